The third kappa shape index (κ3) is 3.17. The molecule has 0 aliphatic heterocycles. The molecule has 88 valence electrons. The second-order valence-corrected chi connectivity index (χ2v) is 4.46. The zero-order valence-corrected chi connectivity index (χ0v) is 10.4. The molecule has 0 atom stereocenters. The van der Waals surface area contributed by atoms with Crippen molar-refractivity contribution in [1.82, 2.24) is 0 Å². The molecule has 0 aliphatic carbocycles. The van der Waals surface area contributed by atoms with Gasteiger partial charge in [-0.25, -0.2) is 0 Å². The largest absolute Gasteiger partial charge is 0.508 e. The first-order chi connectivity index (χ1) is 8.29. The molecule has 2 aromatic carbocycles. The summed E-state index contributed by atoms with van der Waals surface area (Å²) in [4.78, 5) is 0.945. The van der Waals surface area contributed by atoms with Gasteiger partial charge >= 0.3 is 0 Å². The highest BCUT2D eigenvalue weighted by Crippen LogP contribution is 2.31. The van der Waals surface area contributed by atoms with E-state index in [-0.39, 0.29) is 5.75 Å². The second kappa shape index (κ2) is 5.64. The summed E-state index contributed by atoms with van der Waals surface area (Å²) in [6.07, 6.45) is 1.96. The highest BCUT2D eigenvalue weighted by Gasteiger charge is 2.04. The number of phenols is 1. The lowest BCUT2D eigenvalue weighted by Crippen LogP contribution is -1.96. The molecular formula is C14H14O2S. The fourth-order valence-electron chi connectivity index (χ4n) is 1.51. The third-order valence-electron chi connectivity index (χ3n) is 2.38. The average Bonchev–Trinajstić information content (AvgIpc) is 2.38. The highest BCUT2D eigenvalue weighted by molar-refractivity contribution is 7.98. The van der Waals surface area contributed by atoms with Crippen LogP contribution in [-0.4, -0.2) is 11.4 Å². The molecule has 2 aromatic rings. The van der Waals surface area contributed by atoms with Crippen molar-refractivity contribution < 1.29 is 9.84 Å². The van der Waals surface area contributed by atoms with Gasteiger partial charge in [0.25, 0.3) is 0 Å². The normalized spacial score (nSPS) is 10.2. The Bertz CT molecular complexity index is 483. The number of thioether (sulfide) groups is 1. The Hall–Kier alpha value is -1.61. The Morgan fingerprint density at radius 1 is 1.12 bits per heavy atom. The quantitative estimate of drug-likeness (QED) is 0.834. The van der Waals surface area contributed by atoms with Gasteiger partial charge in [0.1, 0.15) is 18.1 Å². The minimum absolute atomic E-state index is 0.265. The summed E-state index contributed by atoms with van der Waals surface area (Å²) in [6, 6.07) is 15.2. The van der Waals surface area contributed by atoms with Crippen molar-refractivity contribution in [3.8, 4) is 11.5 Å². The predicted molar refractivity (Wildman–Crippen MR) is 70.7 cm³/mol. The molecule has 0 aromatic heterocycles. The molecule has 2 nitrogen and oxygen atoms in total. The summed E-state index contributed by atoms with van der Waals surface area (Å²) in [5.41, 5.74) is 1.13. The van der Waals surface area contributed by atoms with E-state index >= 15 is 0 Å². The summed E-state index contributed by atoms with van der Waals surface area (Å²) < 4.78 is 5.74. The van der Waals surface area contributed by atoms with Crippen LogP contribution in [0.1, 0.15) is 5.56 Å². The maximum Gasteiger partial charge on any atom is 0.133 e. The summed E-state index contributed by atoms with van der Waals surface area (Å²) in [7, 11) is 0. The van der Waals surface area contributed by atoms with E-state index in [0.717, 1.165) is 16.2 Å². The Balaban J connectivity index is 2.09. The Morgan fingerprint density at radius 3 is 2.59 bits per heavy atom. The molecule has 0 spiro atoms. The molecule has 0 heterocycles. The van der Waals surface area contributed by atoms with Gasteiger partial charge in [-0.15, -0.1) is 11.8 Å². The van der Waals surface area contributed by atoms with Gasteiger partial charge in [0, 0.05) is 0 Å². The number of aromatic hydroxyl groups is 1. The van der Waals surface area contributed by atoms with E-state index in [2.05, 4.69) is 0 Å². The van der Waals surface area contributed by atoms with Crippen molar-refractivity contribution in [1.29, 1.82) is 0 Å². The molecule has 2 rings (SSSR count). The fourth-order valence-corrected chi connectivity index (χ4v) is 2.08. The first kappa shape index (κ1) is 11.9. The average molecular weight is 246 g/mol. The standard InChI is InChI=1S/C14H14O2S/c1-17-14-9-12(15)7-8-13(14)16-10-11-5-3-2-4-6-11/h2-9,15H,10H2,1H3. The van der Waals surface area contributed by atoms with Crippen molar-refractivity contribution in [2.75, 3.05) is 6.26 Å². The molecule has 3 heteroatoms. The second-order valence-electron chi connectivity index (χ2n) is 3.61. The fraction of sp³-hybridized carbons (Fsp3) is 0.143. The number of phenolic OH excluding ortho intramolecular Hbond substituents is 1. The van der Waals surface area contributed by atoms with Crippen LogP contribution in [0.2, 0.25) is 0 Å². The minimum Gasteiger partial charge on any atom is -0.508 e. The van der Waals surface area contributed by atoms with Crippen molar-refractivity contribution in [3.63, 3.8) is 0 Å². The molecule has 0 saturated carbocycles. The topological polar surface area (TPSA) is 29.5 Å². The van der Waals surface area contributed by atoms with Crippen LogP contribution in [0.25, 0.3) is 0 Å². The van der Waals surface area contributed by atoms with Crippen molar-refractivity contribution in [2.24, 2.45) is 0 Å². The summed E-state index contributed by atoms with van der Waals surface area (Å²) in [5, 5.41) is 9.38. The first-order valence-corrected chi connectivity index (χ1v) is 6.56. The number of benzene rings is 2. The maximum atomic E-state index is 9.38. The summed E-state index contributed by atoms with van der Waals surface area (Å²) >= 11 is 1.56. The van der Waals surface area contributed by atoms with Gasteiger partial charge < -0.3 is 9.84 Å². The van der Waals surface area contributed by atoms with Crippen molar-refractivity contribution in [3.05, 3.63) is 54.1 Å². The van der Waals surface area contributed by atoms with Gasteiger partial charge in [-0.1, -0.05) is 30.3 Å². The van der Waals surface area contributed by atoms with Crippen LogP contribution in [0, 0.1) is 0 Å². The van der Waals surface area contributed by atoms with Crippen molar-refractivity contribution in [2.45, 2.75) is 11.5 Å². The molecular weight excluding hydrogens is 232 g/mol. The van der Waals surface area contributed by atoms with Gasteiger partial charge in [0.2, 0.25) is 0 Å². The Labute approximate surface area is 105 Å². The van der Waals surface area contributed by atoms with Crippen LogP contribution in [0.4, 0.5) is 0 Å². The van der Waals surface area contributed by atoms with Gasteiger partial charge in [-0.2, -0.15) is 0 Å². The van der Waals surface area contributed by atoms with E-state index in [1.165, 1.54) is 0 Å². The van der Waals surface area contributed by atoms with E-state index in [1.54, 1.807) is 30.0 Å². The Morgan fingerprint density at radius 2 is 1.88 bits per heavy atom. The van der Waals surface area contributed by atoms with Crippen LogP contribution in [-0.2, 0) is 6.61 Å². The van der Waals surface area contributed by atoms with Gasteiger partial charge in [-0.05, 0) is 30.0 Å². The van der Waals surface area contributed by atoms with E-state index in [0.29, 0.717) is 6.61 Å². The zero-order valence-electron chi connectivity index (χ0n) is 9.59. The third-order valence-corrected chi connectivity index (χ3v) is 3.14. The van der Waals surface area contributed by atoms with Crippen LogP contribution in [0.15, 0.2) is 53.4 Å². The van der Waals surface area contributed by atoms with Gasteiger partial charge in [0.05, 0.1) is 4.90 Å². The van der Waals surface area contributed by atoms with Gasteiger partial charge in [-0.3, -0.25) is 0 Å². The molecule has 0 fully saturated rings. The smallest absolute Gasteiger partial charge is 0.133 e. The zero-order chi connectivity index (χ0) is 12.1. The molecule has 0 amide bonds. The molecule has 1 N–H and O–H groups in total. The van der Waals surface area contributed by atoms with Crippen LogP contribution in [0.3, 0.4) is 0 Å². The molecule has 0 aliphatic rings. The Kier molecular flexibility index (Phi) is 3.94. The molecule has 17 heavy (non-hydrogen) atoms. The monoisotopic (exact) mass is 246 g/mol. The predicted octanol–water partition coefficient (Wildman–Crippen LogP) is 3.69. The maximum absolute atomic E-state index is 9.38. The molecule has 0 radical (unpaired) electrons. The summed E-state index contributed by atoms with van der Waals surface area (Å²) in [5.74, 6) is 1.07. The van der Waals surface area contributed by atoms with E-state index in [4.69, 9.17) is 4.74 Å². The van der Waals surface area contributed by atoms with Gasteiger partial charge in [0.15, 0.2) is 0 Å². The SMILES string of the molecule is CSc1cc(O)ccc1OCc1ccccc1. The highest BCUT2D eigenvalue weighted by atomic mass is 32.2. The number of hydrogen-bond donors (Lipinski definition) is 1. The lowest BCUT2D eigenvalue weighted by Gasteiger charge is -2.10. The minimum atomic E-state index is 0.265. The molecule has 0 bridgehead atoms. The molecule has 0 unspecified atom stereocenters. The first-order valence-electron chi connectivity index (χ1n) is 5.33. The van der Waals surface area contributed by atoms with Crippen LogP contribution in [0.5, 0.6) is 11.5 Å². The van der Waals surface area contributed by atoms with Crippen LogP contribution < -0.4 is 4.74 Å². The lowest BCUT2D eigenvalue weighted by atomic mass is 10.2. The van der Waals surface area contributed by atoms with Crippen molar-refractivity contribution >= 4 is 11.8 Å². The lowest BCUT2D eigenvalue weighted by molar-refractivity contribution is 0.298. The van der Waals surface area contributed by atoms with E-state index < -0.39 is 0 Å². The number of rotatable bonds is 4. The number of hydrogen-bond acceptors (Lipinski definition) is 3. The van der Waals surface area contributed by atoms with Crippen LogP contribution >= 0.6 is 11.8 Å². The summed E-state index contributed by atoms with van der Waals surface area (Å²) in [6.45, 7) is 0.541. The molecule has 0 saturated heterocycles. The van der Waals surface area contributed by atoms with E-state index in [9.17, 15) is 5.11 Å². The number of ether oxygens (including phenoxy) is 1. The van der Waals surface area contributed by atoms with E-state index in [1.807, 2.05) is 36.6 Å².